The summed E-state index contributed by atoms with van der Waals surface area (Å²) < 4.78 is 11.7. The van der Waals surface area contributed by atoms with Crippen LogP contribution in [0.1, 0.15) is 45.7 Å². The molecule has 2 unspecified atom stereocenters. The highest BCUT2D eigenvalue weighted by atomic mass is 16.5. The average molecular weight is 279 g/mol. The fraction of sp³-hybridized carbons (Fsp3) is 0.647. The smallest absolute Gasteiger partial charge is 0.0768 e. The van der Waals surface area contributed by atoms with E-state index >= 15 is 0 Å². The monoisotopic (exact) mass is 279 g/mol. The average Bonchev–Trinajstić information content (AvgIpc) is 2.42. The van der Waals surface area contributed by atoms with Crippen LogP contribution in [0.3, 0.4) is 0 Å². The van der Waals surface area contributed by atoms with E-state index in [9.17, 15) is 0 Å². The third kappa shape index (κ3) is 6.04. The summed E-state index contributed by atoms with van der Waals surface area (Å²) in [6.45, 7) is 9.59. The molecule has 0 aliphatic carbocycles. The standard InChI is InChI=1S/C17H29NO2/c1-6-15(19-12-13-20-17(2,3)4)16(18-5)14-10-8-7-9-11-14/h7-11,15-16,18H,6,12-13H2,1-5H3. The van der Waals surface area contributed by atoms with Crippen molar-refractivity contribution in [3.8, 4) is 0 Å². The minimum absolute atomic E-state index is 0.104. The van der Waals surface area contributed by atoms with Crippen LogP contribution in [0.25, 0.3) is 0 Å². The van der Waals surface area contributed by atoms with E-state index in [-0.39, 0.29) is 17.7 Å². The molecule has 0 fully saturated rings. The van der Waals surface area contributed by atoms with Gasteiger partial charge in [0, 0.05) is 0 Å². The Morgan fingerprint density at radius 1 is 1.10 bits per heavy atom. The van der Waals surface area contributed by atoms with Gasteiger partial charge in [-0.05, 0) is 39.8 Å². The number of benzene rings is 1. The molecule has 114 valence electrons. The third-order valence-corrected chi connectivity index (χ3v) is 3.19. The predicted octanol–water partition coefficient (Wildman–Crippen LogP) is 3.56. The second kappa shape index (κ2) is 8.40. The summed E-state index contributed by atoms with van der Waals surface area (Å²) in [5.74, 6) is 0. The van der Waals surface area contributed by atoms with Gasteiger partial charge < -0.3 is 14.8 Å². The van der Waals surface area contributed by atoms with E-state index in [1.807, 2.05) is 13.1 Å². The second-order valence-corrected chi connectivity index (χ2v) is 5.96. The van der Waals surface area contributed by atoms with E-state index in [2.05, 4.69) is 57.3 Å². The number of likely N-dealkylation sites (N-methyl/N-ethyl adjacent to an activating group) is 1. The minimum atomic E-state index is -0.104. The Hall–Kier alpha value is -0.900. The first-order valence-electron chi connectivity index (χ1n) is 7.45. The molecule has 0 saturated heterocycles. The van der Waals surface area contributed by atoms with Crippen LogP contribution < -0.4 is 5.32 Å². The molecule has 0 saturated carbocycles. The molecule has 1 aromatic carbocycles. The lowest BCUT2D eigenvalue weighted by molar-refractivity contribution is -0.0588. The number of hydrogen-bond donors (Lipinski definition) is 1. The summed E-state index contributed by atoms with van der Waals surface area (Å²) in [7, 11) is 1.98. The van der Waals surface area contributed by atoms with Gasteiger partial charge in [-0.3, -0.25) is 0 Å². The molecule has 0 aromatic heterocycles. The van der Waals surface area contributed by atoms with E-state index in [0.717, 1.165) is 6.42 Å². The normalized spacial score (nSPS) is 15.1. The van der Waals surface area contributed by atoms with Crippen molar-refractivity contribution in [1.29, 1.82) is 0 Å². The van der Waals surface area contributed by atoms with E-state index in [1.54, 1.807) is 0 Å². The molecule has 0 spiro atoms. The maximum absolute atomic E-state index is 6.01. The van der Waals surface area contributed by atoms with Crippen molar-refractivity contribution in [3.63, 3.8) is 0 Å². The fourth-order valence-electron chi connectivity index (χ4n) is 2.22. The molecule has 1 rings (SSSR count). The van der Waals surface area contributed by atoms with Crippen LogP contribution in [0.5, 0.6) is 0 Å². The largest absolute Gasteiger partial charge is 0.374 e. The molecule has 0 bridgehead atoms. The van der Waals surface area contributed by atoms with Crippen LogP contribution in [0, 0.1) is 0 Å². The first kappa shape index (κ1) is 17.2. The van der Waals surface area contributed by atoms with Crippen molar-refractivity contribution in [1.82, 2.24) is 5.32 Å². The molecule has 0 heterocycles. The maximum atomic E-state index is 6.01. The van der Waals surface area contributed by atoms with Crippen LogP contribution in [0.15, 0.2) is 30.3 Å². The lowest BCUT2D eigenvalue weighted by Gasteiger charge is -2.27. The molecule has 0 amide bonds. The predicted molar refractivity (Wildman–Crippen MR) is 84.0 cm³/mol. The van der Waals surface area contributed by atoms with E-state index < -0.39 is 0 Å². The van der Waals surface area contributed by atoms with Gasteiger partial charge in [-0.1, -0.05) is 37.3 Å². The SMILES string of the molecule is CCC(OCCOC(C)(C)C)C(NC)c1ccccc1. The highest BCUT2D eigenvalue weighted by Gasteiger charge is 2.21. The van der Waals surface area contributed by atoms with Crippen molar-refractivity contribution >= 4 is 0 Å². The molecule has 3 nitrogen and oxygen atoms in total. The van der Waals surface area contributed by atoms with Gasteiger partial charge in [-0.2, -0.15) is 0 Å². The summed E-state index contributed by atoms with van der Waals surface area (Å²) in [4.78, 5) is 0. The fourth-order valence-corrected chi connectivity index (χ4v) is 2.22. The Labute approximate surface area is 123 Å². The quantitative estimate of drug-likeness (QED) is 0.738. The molecule has 2 atom stereocenters. The van der Waals surface area contributed by atoms with Crippen LogP contribution in [0.2, 0.25) is 0 Å². The molecular weight excluding hydrogens is 250 g/mol. The number of hydrogen-bond acceptors (Lipinski definition) is 3. The molecule has 0 aliphatic rings. The Balaban J connectivity index is 2.51. The lowest BCUT2D eigenvalue weighted by Crippen LogP contribution is -2.32. The zero-order valence-corrected chi connectivity index (χ0v) is 13.5. The van der Waals surface area contributed by atoms with Gasteiger partial charge in [0.2, 0.25) is 0 Å². The van der Waals surface area contributed by atoms with Crippen molar-refractivity contribution in [3.05, 3.63) is 35.9 Å². The number of nitrogens with one attached hydrogen (secondary N) is 1. The van der Waals surface area contributed by atoms with Crippen molar-refractivity contribution in [2.24, 2.45) is 0 Å². The highest BCUT2D eigenvalue weighted by molar-refractivity contribution is 5.20. The van der Waals surface area contributed by atoms with Crippen LogP contribution in [-0.4, -0.2) is 32.0 Å². The highest BCUT2D eigenvalue weighted by Crippen LogP contribution is 2.21. The van der Waals surface area contributed by atoms with Crippen molar-refractivity contribution < 1.29 is 9.47 Å². The van der Waals surface area contributed by atoms with Crippen LogP contribution in [-0.2, 0) is 9.47 Å². The maximum Gasteiger partial charge on any atom is 0.0768 e. The van der Waals surface area contributed by atoms with Gasteiger partial charge in [0.1, 0.15) is 0 Å². The van der Waals surface area contributed by atoms with Gasteiger partial charge in [0.05, 0.1) is 31.0 Å². The van der Waals surface area contributed by atoms with E-state index in [1.165, 1.54) is 5.56 Å². The van der Waals surface area contributed by atoms with Crippen LogP contribution >= 0.6 is 0 Å². The Morgan fingerprint density at radius 3 is 2.25 bits per heavy atom. The van der Waals surface area contributed by atoms with Crippen molar-refractivity contribution in [2.45, 2.75) is 51.9 Å². The molecule has 0 aliphatic heterocycles. The molecule has 3 heteroatoms. The molecule has 1 N–H and O–H groups in total. The van der Waals surface area contributed by atoms with Gasteiger partial charge in [-0.25, -0.2) is 0 Å². The molecular formula is C17H29NO2. The van der Waals surface area contributed by atoms with E-state index in [0.29, 0.717) is 13.2 Å². The minimum Gasteiger partial charge on any atom is -0.374 e. The Morgan fingerprint density at radius 2 is 1.75 bits per heavy atom. The van der Waals surface area contributed by atoms with Crippen LogP contribution in [0.4, 0.5) is 0 Å². The number of ether oxygens (including phenoxy) is 2. The Kier molecular flexibility index (Phi) is 7.20. The van der Waals surface area contributed by atoms with Gasteiger partial charge >= 0.3 is 0 Å². The third-order valence-electron chi connectivity index (χ3n) is 3.19. The van der Waals surface area contributed by atoms with Gasteiger partial charge in [-0.15, -0.1) is 0 Å². The van der Waals surface area contributed by atoms with Crippen molar-refractivity contribution in [2.75, 3.05) is 20.3 Å². The molecule has 1 aromatic rings. The topological polar surface area (TPSA) is 30.5 Å². The molecule has 20 heavy (non-hydrogen) atoms. The summed E-state index contributed by atoms with van der Waals surface area (Å²) in [5.41, 5.74) is 1.16. The van der Waals surface area contributed by atoms with Gasteiger partial charge in [0.15, 0.2) is 0 Å². The van der Waals surface area contributed by atoms with Gasteiger partial charge in [0.25, 0.3) is 0 Å². The summed E-state index contributed by atoms with van der Waals surface area (Å²) >= 11 is 0. The zero-order valence-electron chi connectivity index (χ0n) is 13.5. The summed E-state index contributed by atoms with van der Waals surface area (Å²) in [6, 6.07) is 10.7. The van der Waals surface area contributed by atoms with E-state index in [4.69, 9.17) is 9.47 Å². The number of rotatable bonds is 8. The first-order chi connectivity index (χ1) is 9.48. The first-order valence-corrected chi connectivity index (χ1v) is 7.45. The Bertz CT molecular complexity index is 359. The second-order valence-electron chi connectivity index (χ2n) is 5.96. The summed E-state index contributed by atoms with van der Waals surface area (Å²) in [5, 5.41) is 3.36. The molecule has 0 radical (unpaired) electrons. The zero-order chi connectivity index (χ0) is 15.0. The lowest BCUT2D eigenvalue weighted by atomic mass is 10.00. The summed E-state index contributed by atoms with van der Waals surface area (Å²) in [6.07, 6.45) is 1.13.